The number of fused-ring (bicyclic) bond motifs is 1. The van der Waals surface area contributed by atoms with Crippen LogP contribution in [0.2, 0.25) is 0 Å². The zero-order valence-electron chi connectivity index (χ0n) is 9.19. The Morgan fingerprint density at radius 2 is 2.47 bits per heavy atom. The molecule has 17 heavy (non-hydrogen) atoms. The van der Waals surface area contributed by atoms with Crippen molar-refractivity contribution in [2.45, 2.75) is 12.5 Å². The lowest BCUT2D eigenvalue weighted by Gasteiger charge is -2.22. The van der Waals surface area contributed by atoms with Crippen molar-refractivity contribution < 1.29 is 19.0 Å². The highest BCUT2D eigenvalue weighted by Crippen LogP contribution is 2.31. The van der Waals surface area contributed by atoms with E-state index in [-0.39, 0.29) is 25.2 Å². The Morgan fingerprint density at radius 3 is 3.29 bits per heavy atom. The van der Waals surface area contributed by atoms with Crippen molar-refractivity contribution >= 4 is 29.1 Å². The number of carbonyl (C=O) groups excluding carboxylic acids is 1. The molecule has 1 aromatic heterocycles. The lowest BCUT2D eigenvalue weighted by molar-refractivity contribution is -0.0205. The first-order valence-electron chi connectivity index (χ1n) is 5.34. The number of hydrogen-bond donors (Lipinski definition) is 0. The van der Waals surface area contributed by atoms with E-state index in [4.69, 9.17) is 25.8 Å². The highest BCUT2D eigenvalue weighted by Gasteiger charge is 2.23. The van der Waals surface area contributed by atoms with Crippen LogP contribution in [-0.2, 0) is 20.6 Å². The van der Waals surface area contributed by atoms with E-state index in [1.54, 1.807) is 11.3 Å². The molecule has 4 nitrogen and oxygen atoms in total. The zero-order valence-corrected chi connectivity index (χ0v) is 10.8. The zero-order chi connectivity index (χ0) is 12.1. The topological polar surface area (TPSA) is 44.8 Å². The van der Waals surface area contributed by atoms with E-state index in [0.717, 1.165) is 11.3 Å². The normalized spacial score (nSPS) is 18.5. The largest absolute Gasteiger partial charge is 0.508 e. The molecule has 0 aliphatic carbocycles. The maximum absolute atomic E-state index is 11.1. The molecular formula is C11H13ClO4S. The van der Waals surface area contributed by atoms with E-state index >= 15 is 0 Å². The van der Waals surface area contributed by atoms with Gasteiger partial charge >= 0.3 is 6.16 Å². The van der Waals surface area contributed by atoms with Gasteiger partial charge in [-0.15, -0.1) is 22.9 Å². The van der Waals surface area contributed by atoms with Crippen molar-refractivity contribution in [3.8, 4) is 0 Å². The van der Waals surface area contributed by atoms with Crippen LogP contribution in [0.15, 0.2) is 11.4 Å². The Bertz CT molecular complexity index is 379. The van der Waals surface area contributed by atoms with E-state index in [1.165, 1.54) is 5.56 Å². The minimum absolute atomic E-state index is 0.163. The third-order valence-electron chi connectivity index (χ3n) is 2.41. The van der Waals surface area contributed by atoms with E-state index in [1.807, 2.05) is 5.38 Å². The van der Waals surface area contributed by atoms with Gasteiger partial charge in [0.2, 0.25) is 0 Å². The Kier molecular flexibility index (Phi) is 4.65. The van der Waals surface area contributed by atoms with Gasteiger partial charge in [-0.25, -0.2) is 4.79 Å². The first-order valence-corrected chi connectivity index (χ1v) is 6.76. The Balaban J connectivity index is 1.83. The van der Waals surface area contributed by atoms with Crippen molar-refractivity contribution in [2.24, 2.45) is 0 Å². The fourth-order valence-corrected chi connectivity index (χ4v) is 2.72. The standard InChI is InChI=1S/C11H13ClO4S/c12-3-5-15-11(13)16-7-9-10-8(1-4-14-9)2-6-17-10/h2,6,9H,1,3-5,7H2/t9-/m0/s1. The molecule has 2 heterocycles. The van der Waals surface area contributed by atoms with E-state index < -0.39 is 6.16 Å². The first-order chi connectivity index (χ1) is 8.31. The number of carbonyl (C=O) groups is 1. The second-order valence-electron chi connectivity index (χ2n) is 3.52. The average Bonchev–Trinajstić information content (AvgIpc) is 2.82. The summed E-state index contributed by atoms with van der Waals surface area (Å²) in [7, 11) is 0. The van der Waals surface area contributed by atoms with Crippen LogP contribution in [0.4, 0.5) is 4.79 Å². The van der Waals surface area contributed by atoms with Crippen LogP contribution in [0.25, 0.3) is 0 Å². The fourth-order valence-electron chi connectivity index (χ4n) is 1.65. The summed E-state index contributed by atoms with van der Waals surface area (Å²) in [6, 6.07) is 2.08. The summed E-state index contributed by atoms with van der Waals surface area (Å²) in [4.78, 5) is 12.3. The molecule has 6 heteroatoms. The summed E-state index contributed by atoms with van der Waals surface area (Å²) in [6.45, 7) is 1.01. The minimum atomic E-state index is -0.696. The SMILES string of the molecule is O=C(OCCCl)OC[C@@H]1OCCc2ccsc21. The van der Waals surface area contributed by atoms with Gasteiger partial charge in [-0.05, 0) is 23.4 Å². The summed E-state index contributed by atoms with van der Waals surface area (Å²) < 4.78 is 15.2. The lowest BCUT2D eigenvalue weighted by Crippen LogP contribution is -2.21. The van der Waals surface area contributed by atoms with Gasteiger partial charge in [0.1, 0.15) is 19.3 Å². The van der Waals surface area contributed by atoms with Crippen molar-refractivity contribution in [3.05, 3.63) is 21.9 Å². The highest BCUT2D eigenvalue weighted by atomic mass is 35.5. The molecule has 0 saturated heterocycles. The number of hydrogen-bond acceptors (Lipinski definition) is 5. The third-order valence-corrected chi connectivity index (χ3v) is 3.62. The second-order valence-corrected chi connectivity index (χ2v) is 4.84. The molecule has 0 N–H and O–H groups in total. The Labute approximate surface area is 108 Å². The smallest absolute Gasteiger partial charge is 0.433 e. The molecule has 1 aromatic rings. The van der Waals surface area contributed by atoms with E-state index in [9.17, 15) is 4.79 Å². The van der Waals surface area contributed by atoms with Crippen LogP contribution in [0.3, 0.4) is 0 Å². The number of rotatable bonds is 4. The predicted molar refractivity (Wildman–Crippen MR) is 64.7 cm³/mol. The Morgan fingerprint density at radius 1 is 1.59 bits per heavy atom. The van der Waals surface area contributed by atoms with Gasteiger partial charge in [0.25, 0.3) is 0 Å². The summed E-state index contributed by atoms with van der Waals surface area (Å²) >= 11 is 7.02. The van der Waals surface area contributed by atoms with Gasteiger partial charge in [0.15, 0.2) is 0 Å². The molecule has 0 fully saturated rings. The molecule has 0 bridgehead atoms. The van der Waals surface area contributed by atoms with E-state index in [0.29, 0.717) is 6.61 Å². The molecule has 1 aliphatic rings. The van der Waals surface area contributed by atoms with E-state index in [2.05, 4.69) is 6.07 Å². The number of ether oxygens (including phenoxy) is 3. The van der Waals surface area contributed by atoms with Gasteiger partial charge in [-0.1, -0.05) is 0 Å². The third kappa shape index (κ3) is 3.34. The maximum Gasteiger partial charge on any atom is 0.508 e. The van der Waals surface area contributed by atoms with Gasteiger partial charge < -0.3 is 14.2 Å². The molecule has 0 saturated carbocycles. The van der Waals surface area contributed by atoms with Crippen molar-refractivity contribution in [3.63, 3.8) is 0 Å². The first kappa shape index (κ1) is 12.7. The average molecular weight is 277 g/mol. The summed E-state index contributed by atoms with van der Waals surface area (Å²) in [6.07, 6.45) is 0.0617. The highest BCUT2D eigenvalue weighted by molar-refractivity contribution is 7.10. The van der Waals surface area contributed by atoms with Gasteiger partial charge in [0.05, 0.1) is 12.5 Å². The van der Waals surface area contributed by atoms with Crippen LogP contribution in [-0.4, -0.2) is 31.9 Å². The summed E-state index contributed by atoms with van der Waals surface area (Å²) in [5.74, 6) is 0.268. The van der Waals surface area contributed by atoms with Crippen LogP contribution in [0.1, 0.15) is 16.5 Å². The maximum atomic E-state index is 11.1. The molecule has 1 aliphatic heterocycles. The van der Waals surface area contributed by atoms with Crippen LogP contribution < -0.4 is 0 Å². The quantitative estimate of drug-likeness (QED) is 0.627. The predicted octanol–water partition coefficient (Wildman–Crippen LogP) is 2.75. The van der Waals surface area contributed by atoms with Crippen molar-refractivity contribution in [1.82, 2.24) is 0 Å². The van der Waals surface area contributed by atoms with Gasteiger partial charge in [-0.3, -0.25) is 0 Å². The molecule has 0 aromatic carbocycles. The summed E-state index contributed by atoms with van der Waals surface area (Å²) in [5, 5.41) is 2.03. The second kappa shape index (κ2) is 6.23. The molecule has 0 unspecified atom stereocenters. The van der Waals surface area contributed by atoms with Crippen molar-refractivity contribution in [1.29, 1.82) is 0 Å². The van der Waals surface area contributed by atoms with Crippen LogP contribution in [0.5, 0.6) is 0 Å². The summed E-state index contributed by atoms with van der Waals surface area (Å²) in [5.41, 5.74) is 1.28. The van der Waals surface area contributed by atoms with Crippen molar-refractivity contribution in [2.75, 3.05) is 25.7 Å². The van der Waals surface area contributed by atoms with Crippen LogP contribution >= 0.6 is 22.9 Å². The fraction of sp³-hybridized carbons (Fsp3) is 0.545. The molecule has 94 valence electrons. The molecule has 0 spiro atoms. The Hall–Kier alpha value is -0.780. The van der Waals surface area contributed by atoms with Crippen LogP contribution in [0, 0.1) is 0 Å². The molecule has 2 rings (SSSR count). The molecular weight excluding hydrogens is 264 g/mol. The minimum Gasteiger partial charge on any atom is -0.433 e. The monoisotopic (exact) mass is 276 g/mol. The van der Waals surface area contributed by atoms with Gasteiger partial charge in [-0.2, -0.15) is 0 Å². The number of halogens is 1. The molecule has 0 amide bonds. The number of alkyl halides is 1. The lowest BCUT2D eigenvalue weighted by atomic mass is 10.1. The molecule has 0 radical (unpaired) electrons. The van der Waals surface area contributed by atoms with Gasteiger partial charge in [0, 0.05) is 4.88 Å². The molecule has 1 atom stereocenters. The number of thiophene rings is 1.